The Morgan fingerprint density at radius 1 is 1.53 bits per heavy atom. The van der Waals surface area contributed by atoms with Gasteiger partial charge in [-0.15, -0.1) is 0 Å². The summed E-state index contributed by atoms with van der Waals surface area (Å²) in [7, 11) is 1.33. The first kappa shape index (κ1) is 9.71. The summed E-state index contributed by atoms with van der Waals surface area (Å²) in [6.07, 6.45) is 0.461. The summed E-state index contributed by atoms with van der Waals surface area (Å²) in [6.45, 7) is 1.98. The number of ether oxygens (including phenoxy) is 1. The highest BCUT2D eigenvalue weighted by Gasteiger charge is 2.20. The lowest BCUT2D eigenvalue weighted by molar-refractivity contribution is -0.133. The molecule has 0 aliphatic carbocycles. The van der Waals surface area contributed by atoms with Crippen molar-refractivity contribution in [1.29, 1.82) is 0 Å². The molecular formula is C11H11NO3. The van der Waals surface area contributed by atoms with Gasteiger partial charge in [0.2, 0.25) is 0 Å². The van der Waals surface area contributed by atoms with Crippen molar-refractivity contribution in [3.63, 3.8) is 0 Å². The van der Waals surface area contributed by atoms with Gasteiger partial charge < -0.3 is 9.57 Å². The van der Waals surface area contributed by atoms with Crippen LogP contribution in [-0.4, -0.2) is 18.8 Å². The Hall–Kier alpha value is -1.84. The molecule has 1 aromatic rings. The van der Waals surface area contributed by atoms with Crippen LogP contribution in [0, 0.1) is 6.92 Å². The Morgan fingerprint density at radius 2 is 2.33 bits per heavy atom. The molecule has 0 amide bonds. The molecule has 1 aliphatic rings. The lowest BCUT2D eigenvalue weighted by atomic mass is 10.0. The smallest absolute Gasteiger partial charge is 0.356 e. The predicted octanol–water partition coefficient (Wildman–Crippen LogP) is 1.46. The van der Waals surface area contributed by atoms with Crippen LogP contribution >= 0.6 is 0 Å². The first-order valence-electron chi connectivity index (χ1n) is 4.62. The minimum absolute atomic E-state index is 0.300. The molecule has 0 bridgehead atoms. The number of aryl methyl sites for hydroxylation is 1. The third-order valence-electron chi connectivity index (χ3n) is 2.26. The lowest BCUT2D eigenvalue weighted by Crippen LogP contribution is -2.22. The van der Waals surface area contributed by atoms with Crippen LogP contribution in [0.4, 0.5) is 0 Å². The maximum atomic E-state index is 11.2. The summed E-state index contributed by atoms with van der Waals surface area (Å²) in [5.41, 5.74) is 2.36. The summed E-state index contributed by atoms with van der Waals surface area (Å²) >= 11 is 0. The van der Waals surface area contributed by atoms with Crippen molar-refractivity contribution in [3.05, 3.63) is 29.3 Å². The van der Waals surface area contributed by atoms with Crippen LogP contribution < -0.4 is 4.84 Å². The van der Waals surface area contributed by atoms with Gasteiger partial charge in [0.05, 0.1) is 7.11 Å². The maximum absolute atomic E-state index is 11.2. The normalized spacial score (nSPS) is 13.6. The van der Waals surface area contributed by atoms with Gasteiger partial charge in [-0.1, -0.05) is 17.3 Å². The van der Waals surface area contributed by atoms with Gasteiger partial charge in [0.15, 0.2) is 11.5 Å². The van der Waals surface area contributed by atoms with E-state index in [1.807, 2.05) is 25.1 Å². The van der Waals surface area contributed by atoms with Crippen LogP contribution in [0.2, 0.25) is 0 Å². The van der Waals surface area contributed by atoms with E-state index < -0.39 is 5.97 Å². The number of esters is 1. The van der Waals surface area contributed by atoms with E-state index >= 15 is 0 Å². The molecule has 1 aliphatic heterocycles. The fourth-order valence-electron chi connectivity index (χ4n) is 1.44. The number of hydrogen-bond acceptors (Lipinski definition) is 4. The predicted molar refractivity (Wildman–Crippen MR) is 55.0 cm³/mol. The zero-order valence-electron chi connectivity index (χ0n) is 8.61. The van der Waals surface area contributed by atoms with Crippen molar-refractivity contribution in [2.45, 2.75) is 13.3 Å². The highest BCUT2D eigenvalue weighted by atomic mass is 16.6. The number of rotatable bonds is 1. The molecule has 1 heterocycles. The maximum Gasteiger partial charge on any atom is 0.356 e. The minimum atomic E-state index is -0.443. The zero-order valence-corrected chi connectivity index (χ0v) is 8.61. The van der Waals surface area contributed by atoms with Crippen molar-refractivity contribution in [2.75, 3.05) is 7.11 Å². The van der Waals surface area contributed by atoms with E-state index in [1.165, 1.54) is 7.11 Å². The number of methoxy groups -OCH3 is 1. The van der Waals surface area contributed by atoms with Crippen LogP contribution in [0.3, 0.4) is 0 Å². The number of nitrogens with zero attached hydrogens (tertiary/aromatic N) is 1. The van der Waals surface area contributed by atoms with Crippen LogP contribution in [0.15, 0.2) is 23.4 Å². The highest BCUT2D eigenvalue weighted by molar-refractivity contribution is 6.37. The fourth-order valence-corrected chi connectivity index (χ4v) is 1.44. The second-order valence-electron chi connectivity index (χ2n) is 3.41. The second-order valence-corrected chi connectivity index (χ2v) is 3.41. The highest BCUT2D eigenvalue weighted by Crippen LogP contribution is 2.24. The van der Waals surface area contributed by atoms with E-state index in [0.717, 1.165) is 11.1 Å². The first-order valence-corrected chi connectivity index (χ1v) is 4.62. The number of carbonyl (C=O) groups is 1. The van der Waals surface area contributed by atoms with Crippen molar-refractivity contribution in [2.24, 2.45) is 5.16 Å². The molecule has 4 nitrogen and oxygen atoms in total. The molecule has 0 aromatic heterocycles. The van der Waals surface area contributed by atoms with Gasteiger partial charge in [-0.3, -0.25) is 0 Å². The molecule has 1 aromatic carbocycles. The van der Waals surface area contributed by atoms with Crippen LogP contribution in [-0.2, 0) is 16.0 Å². The topological polar surface area (TPSA) is 47.9 Å². The second kappa shape index (κ2) is 3.73. The molecular weight excluding hydrogens is 194 g/mol. The van der Waals surface area contributed by atoms with Gasteiger partial charge in [0.25, 0.3) is 0 Å². The molecule has 0 atom stereocenters. The molecule has 0 saturated carbocycles. The SMILES string of the molecule is COC(=O)C1=NOc2cc(C)ccc2C1. The van der Waals surface area contributed by atoms with Gasteiger partial charge in [0, 0.05) is 12.0 Å². The van der Waals surface area contributed by atoms with E-state index in [0.29, 0.717) is 17.9 Å². The molecule has 0 fully saturated rings. The molecule has 0 saturated heterocycles. The van der Waals surface area contributed by atoms with Crippen molar-refractivity contribution in [3.8, 4) is 5.75 Å². The monoisotopic (exact) mass is 205 g/mol. The number of fused-ring (bicyclic) bond motifs is 1. The van der Waals surface area contributed by atoms with E-state index in [4.69, 9.17) is 4.84 Å². The molecule has 0 spiro atoms. The fraction of sp³-hybridized carbons (Fsp3) is 0.273. The van der Waals surface area contributed by atoms with Crippen molar-refractivity contribution >= 4 is 11.7 Å². The molecule has 0 radical (unpaired) electrons. The standard InChI is InChI=1S/C11H11NO3/c1-7-3-4-8-6-9(11(13)14-2)12-15-10(8)5-7/h3-5H,6H2,1-2H3. The summed E-state index contributed by atoms with van der Waals surface area (Å²) < 4.78 is 4.58. The molecule has 15 heavy (non-hydrogen) atoms. The summed E-state index contributed by atoms with van der Waals surface area (Å²) in [6, 6.07) is 5.80. The molecule has 78 valence electrons. The van der Waals surface area contributed by atoms with Gasteiger partial charge in [-0.25, -0.2) is 4.79 Å². The molecule has 0 N–H and O–H groups in total. The summed E-state index contributed by atoms with van der Waals surface area (Å²) in [5, 5.41) is 3.72. The number of carbonyl (C=O) groups excluding carboxylic acids is 1. The van der Waals surface area contributed by atoms with E-state index in [-0.39, 0.29) is 0 Å². The Labute approximate surface area is 87.5 Å². The molecule has 0 unspecified atom stereocenters. The number of benzene rings is 1. The van der Waals surface area contributed by atoms with E-state index in [9.17, 15) is 4.79 Å². The lowest BCUT2D eigenvalue weighted by Gasteiger charge is -2.14. The number of hydrogen-bond donors (Lipinski definition) is 0. The number of oxime groups is 1. The Morgan fingerprint density at radius 3 is 3.07 bits per heavy atom. The minimum Gasteiger partial charge on any atom is -0.464 e. The van der Waals surface area contributed by atoms with Crippen molar-refractivity contribution < 1.29 is 14.4 Å². The van der Waals surface area contributed by atoms with Crippen LogP contribution in [0.5, 0.6) is 5.75 Å². The van der Waals surface area contributed by atoms with Gasteiger partial charge in [0.1, 0.15) is 0 Å². The van der Waals surface area contributed by atoms with Crippen LogP contribution in [0.25, 0.3) is 0 Å². The van der Waals surface area contributed by atoms with Gasteiger partial charge in [-0.2, -0.15) is 0 Å². The van der Waals surface area contributed by atoms with E-state index in [2.05, 4.69) is 9.89 Å². The molecule has 4 heteroatoms. The third kappa shape index (κ3) is 1.83. The Kier molecular flexibility index (Phi) is 2.41. The quantitative estimate of drug-likeness (QED) is 0.652. The average molecular weight is 205 g/mol. The largest absolute Gasteiger partial charge is 0.464 e. The van der Waals surface area contributed by atoms with Crippen molar-refractivity contribution in [1.82, 2.24) is 0 Å². The molecule has 2 rings (SSSR count). The third-order valence-corrected chi connectivity index (χ3v) is 2.26. The zero-order chi connectivity index (χ0) is 10.8. The van der Waals surface area contributed by atoms with Crippen LogP contribution in [0.1, 0.15) is 11.1 Å². The van der Waals surface area contributed by atoms with Gasteiger partial charge >= 0.3 is 5.97 Å². The van der Waals surface area contributed by atoms with Gasteiger partial charge in [-0.05, 0) is 18.6 Å². The first-order chi connectivity index (χ1) is 7.20. The summed E-state index contributed by atoms with van der Waals surface area (Å²) in [4.78, 5) is 16.3. The van der Waals surface area contributed by atoms with E-state index in [1.54, 1.807) is 0 Å². The Bertz CT molecular complexity index is 437. The average Bonchev–Trinajstić information content (AvgIpc) is 2.27. The Balaban J connectivity index is 2.27. The summed E-state index contributed by atoms with van der Waals surface area (Å²) in [5.74, 6) is 0.267.